The van der Waals surface area contributed by atoms with Gasteiger partial charge in [-0.2, -0.15) is 0 Å². The van der Waals surface area contributed by atoms with Gasteiger partial charge in [0.2, 0.25) is 0 Å². The van der Waals surface area contributed by atoms with Gasteiger partial charge in [-0.25, -0.2) is 19.2 Å². The third-order valence-corrected chi connectivity index (χ3v) is 22.2. The topological polar surface area (TPSA) is 105 Å². The maximum atomic E-state index is 13.1. The summed E-state index contributed by atoms with van der Waals surface area (Å²) < 4.78 is 20.9. The molecule has 13 rings (SSSR count). The van der Waals surface area contributed by atoms with Crippen molar-refractivity contribution in [1.82, 2.24) is 0 Å². The van der Waals surface area contributed by atoms with Gasteiger partial charge in [0.1, 0.15) is 0 Å². The van der Waals surface area contributed by atoms with E-state index in [2.05, 4.69) is 174 Å². The molecule has 12 heteroatoms. The molecule has 0 radical (unpaired) electrons. The number of carbonyl (C=O) groups excluding carboxylic acids is 4. The molecule has 0 saturated carbocycles. The summed E-state index contributed by atoms with van der Waals surface area (Å²) >= 11 is 5.79. The van der Waals surface area contributed by atoms with Crippen molar-refractivity contribution in [3.63, 3.8) is 0 Å². The highest BCUT2D eigenvalue weighted by Gasteiger charge is 2.26. The first-order valence-corrected chi connectivity index (χ1v) is 38.8. The Labute approximate surface area is 659 Å². The molecule has 110 heavy (non-hydrogen) atoms. The molecule has 0 amide bonds. The number of benzene rings is 1. The monoisotopic (exact) mass is 1500 g/mol. The number of ether oxygens (including phenoxy) is 4. The van der Waals surface area contributed by atoms with Crippen LogP contribution in [0.15, 0.2) is 182 Å². The van der Waals surface area contributed by atoms with E-state index in [4.69, 9.17) is 18.9 Å². The van der Waals surface area contributed by atoms with E-state index in [1.807, 2.05) is 133 Å². The predicted octanol–water partition coefficient (Wildman–Crippen LogP) is 21.2. The van der Waals surface area contributed by atoms with Crippen LogP contribution in [0, 0.1) is 94.7 Å². The average molecular weight is 1500 g/mol. The van der Waals surface area contributed by atoms with Crippen molar-refractivity contribution in [3.8, 4) is 139 Å². The van der Waals surface area contributed by atoms with E-state index in [0.717, 1.165) is 106 Å². The molecule has 0 unspecified atom stereocenters. The average Bonchev–Trinajstić information content (AvgIpc) is 1.73. The van der Waals surface area contributed by atoms with Crippen molar-refractivity contribution in [1.29, 1.82) is 0 Å². The Bertz CT molecular complexity index is 5510. The number of hydrogen-bond acceptors (Lipinski definition) is 12. The molecule has 0 bridgehead atoms. The van der Waals surface area contributed by atoms with E-state index >= 15 is 0 Å². The molecule has 8 nitrogen and oxygen atoms in total. The molecular weight excluding hydrogens is 1430 g/mol. The maximum Gasteiger partial charge on any atom is 0.338 e. The van der Waals surface area contributed by atoms with Crippen LogP contribution in [0.2, 0.25) is 0 Å². The van der Waals surface area contributed by atoms with E-state index < -0.39 is 23.9 Å². The third-order valence-electron chi connectivity index (χ3n) is 18.5. The lowest BCUT2D eigenvalue weighted by atomic mass is 9.98. The smallest absolute Gasteiger partial charge is 0.338 e. The second kappa shape index (κ2) is 33.5. The van der Waals surface area contributed by atoms with E-state index in [1.54, 1.807) is 24.3 Å². The summed E-state index contributed by atoms with van der Waals surface area (Å²) in [6.45, 7) is 17.0. The van der Waals surface area contributed by atoms with Gasteiger partial charge in [-0.3, -0.25) is 0 Å². The van der Waals surface area contributed by atoms with Gasteiger partial charge in [0.25, 0.3) is 0 Å². The highest BCUT2D eigenvalue weighted by atomic mass is 32.1. The highest BCUT2D eigenvalue weighted by molar-refractivity contribution is 7.14. The molecule has 8 aliphatic carbocycles. The first-order chi connectivity index (χ1) is 53.2. The zero-order valence-corrected chi connectivity index (χ0v) is 65.8. The summed E-state index contributed by atoms with van der Waals surface area (Å²) in [7, 11) is 5.54. The van der Waals surface area contributed by atoms with Gasteiger partial charge in [0.15, 0.2) is 0 Å². The second-order valence-corrected chi connectivity index (χ2v) is 31.4. The first-order valence-electron chi connectivity index (χ1n) is 35.6. The van der Waals surface area contributed by atoms with Crippen LogP contribution >= 0.6 is 45.3 Å². The number of esters is 4. The van der Waals surface area contributed by atoms with Gasteiger partial charge in [-0.15, -0.1) is 45.3 Å². The molecule has 0 atom stereocenters. The molecule has 4 aromatic heterocycles. The van der Waals surface area contributed by atoms with Crippen LogP contribution < -0.4 is 0 Å². The molecule has 0 saturated heterocycles. The molecule has 0 spiro atoms. The Morgan fingerprint density at radius 2 is 0.409 bits per heavy atom. The van der Waals surface area contributed by atoms with Crippen LogP contribution in [0.5, 0.6) is 0 Å². The molecule has 4 heterocycles. The minimum absolute atomic E-state index is 0.238. The van der Waals surface area contributed by atoms with Crippen LogP contribution in [0.1, 0.15) is 226 Å². The fraction of sp³-hybridized carbons (Fsp3) is 0.163. The van der Waals surface area contributed by atoms with Crippen molar-refractivity contribution in [2.75, 3.05) is 28.4 Å². The van der Waals surface area contributed by atoms with Crippen molar-refractivity contribution in [2.45, 2.75) is 79.1 Å². The zero-order chi connectivity index (χ0) is 77.3. The molecule has 0 fully saturated rings. The lowest BCUT2D eigenvalue weighted by Gasteiger charge is -2.04. The Kier molecular flexibility index (Phi) is 23.0. The van der Waals surface area contributed by atoms with Crippen LogP contribution in [0.4, 0.5) is 0 Å². The number of carbonyl (C=O) groups is 4. The lowest BCUT2D eigenvalue weighted by molar-refractivity contribution is 0.0593. The Morgan fingerprint density at radius 1 is 0.227 bits per heavy atom. The van der Waals surface area contributed by atoms with Crippen molar-refractivity contribution < 1.29 is 38.1 Å². The molecule has 5 aromatic rings. The fourth-order valence-electron chi connectivity index (χ4n) is 12.5. The number of fused-ring (bicyclic) bond motifs is 4. The van der Waals surface area contributed by atoms with Crippen molar-refractivity contribution >= 4 is 69.2 Å². The first kappa shape index (κ1) is 75.4. The van der Waals surface area contributed by atoms with Gasteiger partial charge < -0.3 is 18.9 Å². The lowest BCUT2D eigenvalue weighted by Crippen LogP contribution is -2.00. The summed E-state index contributed by atoms with van der Waals surface area (Å²) in [5, 5.41) is 0. The predicted molar refractivity (Wildman–Crippen MR) is 446 cm³/mol. The Balaban J connectivity index is 0.904. The largest absolute Gasteiger partial charge is 0.465 e. The van der Waals surface area contributed by atoms with Crippen LogP contribution in [0.3, 0.4) is 0 Å². The number of rotatable bonds is 8. The van der Waals surface area contributed by atoms with Crippen LogP contribution in [-0.2, 0) is 18.9 Å². The fourth-order valence-corrected chi connectivity index (χ4v) is 15.3. The number of thiophene rings is 4. The molecule has 8 aliphatic rings. The van der Waals surface area contributed by atoms with E-state index in [0.29, 0.717) is 66.8 Å². The van der Waals surface area contributed by atoms with Crippen LogP contribution in [0.25, 0.3) is 44.5 Å². The summed E-state index contributed by atoms with van der Waals surface area (Å²) in [6.07, 6.45) is 0. The summed E-state index contributed by atoms with van der Waals surface area (Å²) in [6, 6.07) is 59.0. The minimum Gasteiger partial charge on any atom is -0.465 e. The summed E-state index contributed by atoms with van der Waals surface area (Å²) in [5.74, 6) is 53.7. The van der Waals surface area contributed by atoms with E-state index in [1.165, 1.54) is 73.8 Å². The minimum atomic E-state index is -0.427. The second-order valence-electron chi connectivity index (χ2n) is 27.1. The maximum absolute atomic E-state index is 13.1. The van der Waals surface area contributed by atoms with Crippen molar-refractivity contribution in [2.24, 2.45) is 0 Å². The van der Waals surface area contributed by atoms with Crippen LogP contribution in [-0.4, -0.2) is 52.3 Å². The Morgan fingerprint density at radius 3 is 0.582 bits per heavy atom. The van der Waals surface area contributed by atoms with Gasteiger partial charge >= 0.3 is 23.9 Å². The van der Waals surface area contributed by atoms with Crippen molar-refractivity contribution in [3.05, 3.63) is 310 Å². The number of hydrogen-bond donors (Lipinski definition) is 0. The van der Waals surface area contributed by atoms with Gasteiger partial charge in [0, 0.05) is 44.5 Å². The molecule has 534 valence electrons. The molecular formula is C98H70O8S4. The molecule has 0 aliphatic heterocycles. The van der Waals surface area contributed by atoms with Gasteiger partial charge in [-0.1, -0.05) is 223 Å². The molecule has 0 N–H and O–H groups in total. The van der Waals surface area contributed by atoms with Gasteiger partial charge in [0.05, 0.1) is 89.7 Å². The third kappa shape index (κ3) is 16.9. The quantitative estimate of drug-likeness (QED) is 0.0842. The standard InChI is InChI=1S/C98H70O8S4/c1-59(2)63-17-13-21-83-71(55-91(87(83)51-63)95(99)103-9)29-37-79-45-41-75(107-79)33-25-67-49-69(27-35-77-43-47-81(109-77)39-31-73-57-93(97(101)105-11)89-53-65(61(5)6)19-15-23-85(73)89)70(28-36-78-44-48-82(110-78)40-32-74-58-94(98(102)106-12)90-54-66(62(7)8)20-16-24-86(74)90)50-68(67)26-34-76-42-46-80(108-76)38-30-72-56-92(96(100)104-10)88-52-64(60(3)4)18-14-22-84(72)88/h13-24,41-62H,1-12H3. The zero-order valence-electron chi connectivity index (χ0n) is 62.5. The normalized spacial score (nSPS) is 10.6. The summed E-state index contributed by atoms with van der Waals surface area (Å²) in [5.41, 5.74) is 18.0. The highest BCUT2D eigenvalue weighted by Crippen LogP contribution is 2.39. The Hall–Kier alpha value is -12.8. The van der Waals surface area contributed by atoms with E-state index in [9.17, 15) is 19.2 Å². The molecule has 1 aromatic carbocycles. The van der Waals surface area contributed by atoms with Gasteiger partial charge in [-0.05, 0) is 200 Å². The number of methoxy groups -OCH3 is 4. The SMILES string of the molecule is COC(=O)c1cc(C#Cc2ccc(C#Cc3cc(C#Cc4ccc(C#Cc5cc(C(=O)OC)c6cc(C(C)C)cccc5-6)s4)c(C#Cc4ccc(C#Cc5cc(C(=O)OC)c6cc(C(C)C)cccc5-6)s4)cc3C#Cc3ccc(C#Cc4cc(C(=O)OC)c5cc(C(C)C)cccc4-5)s3)s2)c2cccc(C(C)C)cc1-2. The summed E-state index contributed by atoms with van der Waals surface area (Å²) in [4.78, 5) is 58.7. The van der Waals surface area contributed by atoms with E-state index in [-0.39, 0.29) is 23.7 Å².